The summed E-state index contributed by atoms with van der Waals surface area (Å²) in [4.78, 5) is 0. The van der Waals surface area contributed by atoms with Crippen LogP contribution in [0, 0.1) is 10.8 Å². The van der Waals surface area contributed by atoms with Gasteiger partial charge in [-0.1, -0.05) is 65.8 Å². The third kappa shape index (κ3) is 6.51. The van der Waals surface area contributed by atoms with E-state index < -0.39 is 0 Å². The molecule has 0 heteroatoms. The monoisotopic (exact) mass is 232 g/mol. The number of hydrogen-bond acceptors (Lipinski definition) is 0. The van der Waals surface area contributed by atoms with Gasteiger partial charge in [-0.2, -0.15) is 0 Å². The van der Waals surface area contributed by atoms with Crippen LogP contribution in [0.3, 0.4) is 0 Å². The Morgan fingerprint density at radius 1 is 0.824 bits per heavy atom. The fraction of sp³-hybridized carbons (Fsp3) is 0.647. The SMILES string of the molecule is CC(C)(C)CCc1cccc(CC(C)(C)C)c1. The minimum atomic E-state index is 0.378. The van der Waals surface area contributed by atoms with E-state index in [0.29, 0.717) is 10.8 Å². The van der Waals surface area contributed by atoms with Crippen molar-refractivity contribution in [1.82, 2.24) is 0 Å². The molecular weight excluding hydrogens is 204 g/mol. The Morgan fingerprint density at radius 3 is 1.94 bits per heavy atom. The van der Waals surface area contributed by atoms with Crippen molar-refractivity contribution in [3.05, 3.63) is 35.4 Å². The van der Waals surface area contributed by atoms with E-state index in [4.69, 9.17) is 0 Å². The van der Waals surface area contributed by atoms with Crippen molar-refractivity contribution in [3.63, 3.8) is 0 Å². The van der Waals surface area contributed by atoms with Crippen LogP contribution in [0.1, 0.15) is 59.1 Å². The molecule has 1 aromatic carbocycles. The highest BCUT2D eigenvalue weighted by molar-refractivity contribution is 5.24. The number of benzene rings is 1. The summed E-state index contributed by atoms with van der Waals surface area (Å²) in [6.45, 7) is 13.8. The quantitative estimate of drug-likeness (QED) is 0.667. The third-order valence-electron chi connectivity index (χ3n) is 2.89. The van der Waals surface area contributed by atoms with Gasteiger partial charge in [-0.3, -0.25) is 0 Å². The van der Waals surface area contributed by atoms with Crippen LogP contribution in [0.4, 0.5) is 0 Å². The lowest BCUT2D eigenvalue weighted by atomic mass is 9.86. The first-order valence-corrected chi connectivity index (χ1v) is 6.74. The van der Waals surface area contributed by atoms with E-state index in [-0.39, 0.29) is 0 Å². The van der Waals surface area contributed by atoms with Crippen molar-refractivity contribution in [1.29, 1.82) is 0 Å². The summed E-state index contributed by atoms with van der Waals surface area (Å²) in [5, 5.41) is 0. The molecule has 0 unspecified atom stereocenters. The van der Waals surface area contributed by atoms with Crippen molar-refractivity contribution in [2.24, 2.45) is 10.8 Å². The zero-order chi connectivity index (χ0) is 13.1. The van der Waals surface area contributed by atoms with Gasteiger partial charge >= 0.3 is 0 Å². The van der Waals surface area contributed by atoms with Crippen LogP contribution in [0.15, 0.2) is 24.3 Å². The molecule has 0 aliphatic carbocycles. The van der Waals surface area contributed by atoms with Crippen molar-refractivity contribution in [3.8, 4) is 0 Å². The maximum atomic E-state index is 2.39. The minimum absolute atomic E-state index is 0.378. The topological polar surface area (TPSA) is 0 Å². The summed E-state index contributed by atoms with van der Waals surface area (Å²) in [6.07, 6.45) is 3.61. The Hall–Kier alpha value is -0.780. The molecule has 0 aliphatic heterocycles. The first kappa shape index (κ1) is 14.3. The maximum Gasteiger partial charge on any atom is -0.0230 e. The van der Waals surface area contributed by atoms with Crippen molar-refractivity contribution in [2.45, 2.75) is 60.8 Å². The Labute approximate surface area is 107 Å². The van der Waals surface area contributed by atoms with Crippen molar-refractivity contribution >= 4 is 0 Å². The van der Waals surface area contributed by atoms with Crippen molar-refractivity contribution < 1.29 is 0 Å². The summed E-state index contributed by atoms with van der Waals surface area (Å²) in [7, 11) is 0. The highest BCUT2D eigenvalue weighted by atomic mass is 14.2. The first-order valence-electron chi connectivity index (χ1n) is 6.74. The molecule has 1 rings (SSSR count). The Balaban J connectivity index is 2.66. The second-order valence-electron chi connectivity index (χ2n) is 7.62. The summed E-state index contributed by atoms with van der Waals surface area (Å²) < 4.78 is 0. The zero-order valence-electron chi connectivity index (χ0n) is 12.4. The maximum absolute atomic E-state index is 2.39. The standard InChI is InChI=1S/C17H28/c1-16(2,3)11-10-14-8-7-9-15(12-14)13-17(4,5)6/h7-9,12H,10-11,13H2,1-6H3. The smallest absolute Gasteiger partial charge is 0.0230 e. The predicted molar refractivity (Wildman–Crippen MR) is 77.4 cm³/mol. The van der Waals surface area contributed by atoms with Crippen LogP contribution in [0.25, 0.3) is 0 Å². The van der Waals surface area contributed by atoms with Crippen LogP contribution in [-0.4, -0.2) is 0 Å². The van der Waals surface area contributed by atoms with Gasteiger partial charge in [0, 0.05) is 0 Å². The molecule has 0 fully saturated rings. The summed E-state index contributed by atoms with van der Waals surface area (Å²) in [6, 6.07) is 9.11. The molecule has 0 amide bonds. The van der Waals surface area contributed by atoms with Gasteiger partial charge in [0.2, 0.25) is 0 Å². The number of aryl methyl sites for hydroxylation is 1. The van der Waals surface area contributed by atoms with E-state index in [2.05, 4.69) is 65.8 Å². The molecule has 0 bridgehead atoms. The molecule has 0 saturated heterocycles. The van der Waals surface area contributed by atoms with Crippen LogP contribution < -0.4 is 0 Å². The fourth-order valence-electron chi connectivity index (χ4n) is 2.03. The van der Waals surface area contributed by atoms with E-state index in [1.807, 2.05) is 0 Å². The number of rotatable bonds is 3. The molecule has 0 heterocycles. The lowest BCUT2D eigenvalue weighted by Gasteiger charge is -2.20. The molecule has 96 valence electrons. The Bertz CT molecular complexity index is 347. The van der Waals surface area contributed by atoms with E-state index in [0.717, 1.165) is 6.42 Å². The first-order chi connectivity index (χ1) is 7.66. The van der Waals surface area contributed by atoms with Gasteiger partial charge in [0.05, 0.1) is 0 Å². The molecule has 0 radical (unpaired) electrons. The average molecular weight is 232 g/mol. The molecule has 0 spiro atoms. The zero-order valence-corrected chi connectivity index (χ0v) is 12.4. The van der Waals surface area contributed by atoms with Crippen molar-refractivity contribution in [2.75, 3.05) is 0 Å². The lowest BCUT2D eigenvalue weighted by Crippen LogP contribution is -2.10. The highest BCUT2D eigenvalue weighted by Gasteiger charge is 2.13. The van der Waals surface area contributed by atoms with E-state index in [1.165, 1.54) is 24.0 Å². The molecule has 0 N–H and O–H groups in total. The molecule has 17 heavy (non-hydrogen) atoms. The Kier molecular flexibility index (Phi) is 4.41. The second-order valence-corrected chi connectivity index (χ2v) is 7.62. The normalized spacial score (nSPS) is 12.8. The largest absolute Gasteiger partial charge is 0.0617 e. The summed E-state index contributed by atoms with van der Waals surface area (Å²) in [5.41, 5.74) is 3.77. The molecule has 0 saturated carbocycles. The van der Waals surface area contributed by atoms with Crippen LogP contribution >= 0.6 is 0 Å². The molecule has 0 aliphatic rings. The summed E-state index contributed by atoms with van der Waals surface area (Å²) >= 11 is 0. The van der Waals surface area contributed by atoms with Crippen LogP contribution in [-0.2, 0) is 12.8 Å². The van der Waals surface area contributed by atoms with Gasteiger partial charge < -0.3 is 0 Å². The van der Waals surface area contributed by atoms with Gasteiger partial charge in [0.1, 0.15) is 0 Å². The van der Waals surface area contributed by atoms with Gasteiger partial charge in [0.15, 0.2) is 0 Å². The van der Waals surface area contributed by atoms with E-state index in [1.54, 1.807) is 0 Å². The summed E-state index contributed by atoms with van der Waals surface area (Å²) in [5.74, 6) is 0. The van der Waals surface area contributed by atoms with E-state index >= 15 is 0 Å². The molecule has 1 aromatic rings. The lowest BCUT2D eigenvalue weighted by molar-refractivity contribution is 0.378. The van der Waals surface area contributed by atoms with Crippen LogP contribution in [0.5, 0.6) is 0 Å². The molecule has 0 atom stereocenters. The van der Waals surface area contributed by atoms with Gasteiger partial charge in [-0.05, 0) is 41.2 Å². The Morgan fingerprint density at radius 2 is 1.41 bits per heavy atom. The van der Waals surface area contributed by atoms with Gasteiger partial charge in [-0.25, -0.2) is 0 Å². The third-order valence-corrected chi connectivity index (χ3v) is 2.89. The van der Waals surface area contributed by atoms with Gasteiger partial charge in [-0.15, -0.1) is 0 Å². The van der Waals surface area contributed by atoms with E-state index in [9.17, 15) is 0 Å². The second kappa shape index (κ2) is 5.25. The molecule has 0 aromatic heterocycles. The average Bonchev–Trinajstić information content (AvgIpc) is 2.11. The number of hydrogen-bond donors (Lipinski definition) is 0. The molecular formula is C17H28. The molecule has 0 nitrogen and oxygen atoms in total. The van der Waals surface area contributed by atoms with Gasteiger partial charge in [0.25, 0.3) is 0 Å². The minimum Gasteiger partial charge on any atom is -0.0617 e. The van der Waals surface area contributed by atoms with Crippen LogP contribution in [0.2, 0.25) is 0 Å². The predicted octanol–water partition coefficient (Wildman–Crippen LogP) is 5.25. The highest BCUT2D eigenvalue weighted by Crippen LogP contribution is 2.24. The fourth-order valence-corrected chi connectivity index (χ4v) is 2.03.